The molecule has 39 heavy (non-hydrogen) atoms. The van der Waals surface area contributed by atoms with Crippen molar-refractivity contribution in [3.05, 3.63) is 102 Å². The summed E-state index contributed by atoms with van der Waals surface area (Å²) in [6.07, 6.45) is 0.683. The second kappa shape index (κ2) is 15.7. The van der Waals surface area contributed by atoms with E-state index in [1.165, 1.54) is 13.2 Å². The fraction of sp³-hybridized carbons (Fsp3) is 0.344. The molecule has 7 heteroatoms. The molecule has 2 unspecified atom stereocenters. The number of ether oxygens (including phenoxy) is 3. The van der Waals surface area contributed by atoms with Crippen molar-refractivity contribution < 1.29 is 29.2 Å². The Labute approximate surface area is 231 Å². The van der Waals surface area contributed by atoms with Gasteiger partial charge in [-0.25, -0.2) is 4.79 Å². The number of para-hydroxylation sites is 2. The number of carbonyl (C=O) groups is 1. The maximum atomic E-state index is 11.6. The molecule has 0 saturated heterocycles. The van der Waals surface area contributed by atoms with Gasteiger partial charge in [0.25, 0.3) is 0 Å². The van der Waals surface area contributed by atoms with Crippen LogP contribution >= 0.6 is 0 Å². The highest BCUT2D eigenvalue weighted by molar-refractivity contribution is 5.90. The van der Waals surface area contributed by atoms with Gasteiger partial charge in [-0.1, -0.05) is 60.7 Å². The smallest absolute Gasteiger partial charge is 0.330 e. The Morgan fingerprint density at radius 1 is 0.821 bits per heavy atom. The van der Waals surface area contributed by atoms with Gasteiger partial charge in [-0.2, -0.15) is 0 Å². The number of aliphatic hydroxyl groups excluding tert-OH is 2. The standard InChI is InChI=1S/C32H39NO6/c1-24(18-32(36)37-3)27-16-14-26(15-17-27)19-25(2)33(20-28(34)22-38-30-10-6-4-7-11-30)21-29(35)23-39-31-12-8-5-9-13-31/h4-18,25,28-29,34-35H,19-23H2,1-3H3/t25?,28-,29?/m1/s1. The van der Waals surface area contributed by atoms with Crippen LogP contribution in [-0.2, 0) is 16.0 Å². The minimum atomic E-state index is -0.747. The zero-order valence-electron chi connectivity index (χ0n) is 22.9. The average Bonchev–Trinajstić information content (AvgIpc) is 2.96. The molecular formula is C32H39NO6. The third-order valence-electron chi connectivity index (χ3n) is 6.36. The molecule has 3 atom stereocenters. The molecule has 0 bridgehead atoms. The second-order valence-electron chi connectivity index (χ2n) is 9.61. The Morgan fingerprint density at radius 2 is 1.31 bits per heavy atom. The van der Waals surface area contributed by atoms with Crippen LogP contribution in [0.1, 0.15) is 25.0 Å². The van der Waals surface area contributed by atoms with Crippen LogP contribution in [0, 0.1) is 0 Å². The first-order valence-electron chi connectivity index (χ1n) is 13.2. The van der Waals surface area contributed by atoms with Crippen LogP contribution in [0.3, 0.4) is 0 Å². The minimum absolute atomic E-state index is 0.0142. The molecule has 0 aliphatic heterocycles. The van der Waals surface area contributed by atoms with E-state index in [-0.39, 0.29) is 25.2 Å². The van der Waals surface area contributed by atoms with E-state index >= 15 is 0 Å². The number of benzene rings is 3. The minimum Gasteiger partial charge on any atom is -0.491 e. The Hall–Kier alpha value is -3.65. The number of methoxy groups -OCH3 is 1. The van der Waals surface area contributed by atoms with Crippen molar-refractivity contribution in [2.24, 2.45) is 0 Å². The molecule has 0 radical (unpaired) electrons. The molecule has 2 N–H and O–H groups in total. The molecule has 3 aromatic carbocycles. The summed E-state index contributed by atoms with van der Waals surface area (Å²) in [4.78, 5) is 13.6. The molecule has 3 rings (SSSR count). The van der Waals surface area contributed by atoms with Crippen molar-refractivity contribution >= 4 is 11.5 Å². The normalized spacial score (nSPS) is 13.9. The Bertz CT molecular complexity index is 1100. The van der Waals surface area contributed by atoms with E-state index in [2.05, 4.69) is 11.8 Å². The topological polar surface area (TPSA) is 88.5 Å². The van der Waals surface area contributed by atoms with Crippen LogP contribution in [0.25, 0.3) is 5.57 Å². The molecular weight excluding hydrogens is 494 g/mol. The highest BCUT2D eigenvalue weighted by atomic mass is 16.5. The van der Waals surface area contributed by atoms with Gasteiger partial charge >= 0.3 is 5.97 Å². The maximum Gasteiger partial charge on any atom is 0.330 e. The Kier molecular flexibility index (Phi) is 12.0. The predicted octanol–water partition coefficient (Wildman–Crippen LogP) is 4.38. The molecule has 0 heterocycles. The second-order valence-corrected chi connectivity index (χ2v) is 9.61. The highest BCUT2D eigenvalue weighted by Crippen LogP contribution is 2.18. The van der Waals surface area contributed by atoms with E-state index in [4.69, 9.17) is 14.2 Å². The van der Waals surface area contributed by atoms with Gasteiger partial charge < -0.3 is 24.4 Å². The van der Waals surface area contributed by atoms with Crippen molar-refractivity contribution in [2.75, 3.05) is 33.4 Å². The SMILES string of the molecule is COC(=O)C=C(C)c1ccc(CC(C)N(CC(O)COc2ccccc2)C[C@@H](O)COc2ccccc2)cc1. The van der Waals surface area contributed by atoms with Crippen LogP contribution in [0.5, 0.6) is 11.5 Å². The number of rotatable bonds is 15. The van der Waals surface area contributed by atoms with Crippen molar-refractivity contribution in [1.29, 1.82) is 0 Å². The number of aliphatic hydroxyl groups is 2. The molecule has 0 spiro atoms. The van der Waals surface area contributed by atoms with E-state index < -0.39 is 12.2 Å². The summed E-state index contributed by atoms with van der Waals surface area (Å²) in [5.74, 6) is 1.01. The molecule has 0 aliphatic carbocycles. The van der Waals surface area contributed by atoms with Crippen LogP contribution < -0.4 is 9.47 Å². The Morgan fingerprint density at radius 3 is 1.77 bits per heavy atom. The summed E-state index contributed by atoms with van der Waals surface area (Å²) in [6.45, 7) is 4.89. The number of allylic oxidation sites excluding steroid dienone is 1. The lowest BCUT2D eigenvalue weighted by Crippen LogP contribution is -2.46. The summed E-state index contributed by atoms with van der Waals surface area (Å²) >= 11 is 0. The number of hydrogen-bond acceptors (Lipinski definition) is 7. The molecule has 208 valence electrons. The molecule has 7 nitrogen and oxygen atoms in total. The zero-order valence-corrected chi connectivity index (χ0v) is 22.9. The summed E-state index contributed by atoms with van der Waals surface area (Å²) in [5.41, 5.74) is 2.87. The van der Waals surface area contributed by atoms with Gasteiger partial charge in [0.15, 0.2) is 0 Å². The number of hydrogen-bond donors (Lipinski definition) is 2. The van der Waals surface area contributed by atoms with Gasteiger partial charge in [-0.05, 0) is 61.2 Å². The zero-order chi connectivity index (χ0) is 28.0. The lowest BCUT2D eigenvalue weighted by Gasteiger charge is -2.32. The molecule has 3 aromatic rings. The van der Waals surface area contributed by atoms with Crippen molar-refractivity contribution in [3.8, 4) is 11.5 Å². The van der Waals surface area contributed by atoms with E-state index in [1.807, 2.05) is 91.9 Å². The number of carbonyl (C=O) groups excluding carboxylic acids is 1. The van der Waals surface area contributed by atoms with Crippen LogP contribution in [0.2, 0.25) is 0 Å². The van der Waals surface area contributed by atoms with Crippen molar-refractivity contribution in [1.82, 2.24) is 4.90 Å². The summed E-state index contributed by atoms with van der Waals surface area (Å²) < 4.78 is 16.2. The quantitative estimate of drug-likeness (QED) is 0.221. The average molecular weight is 534 g/mol. The Balaban J connectivity index is 1.63. The lowest BCUT2D eigenvalue weighted by molar-refractivity contribution is -0.134. The van der Waals surface area contributed by atoms with Crippen LogP contribution in [-0.4, -0.2) is 72.7 Å². The van der Waals surface area contributed by atoms with E-state index in [0.717, 1.165) is 16.7 Å². The third-order valence-corrected chi connectivity index (χ3v) is 6.36. The van der Waals surface area contributed by atoms with Crippen molar-refractivity contribution in [3.63, 3.8) is 0 Å². The monoisotopic (exact) mass is 533 g/mol. The van der Waals surface area contributed by atoms with Crippen molar-refractivity contribution in [2.45, 2.75) is 38.5 Å². The molecule has 0 fully saturated rings. The third kappa shape index (κ3) is 10.6. The van der Waals surface area contributed by atoms with E-state index in [9.17, 15) is 15.0 Å². The molecule has 0 aliphatic rings. The largest absolute Gasteiger partial charge is 0.491 e. The number of esters is 1. The van der Waals surface area contributed by atoms with Crippen LogP contribution in [0.15, 0.2) is 91.0 Å². The van der Waals surface area contributed by atoms with E-state index in [1.54, 1.807) is 0 Å². The van der Waals surface area contributed by atoms with Gasteiger partial charge in [-0.15, -0.1) is 0 Å². The molecule has 0 amide bonds. The molecule has 0 aromatic heterocycles. The highest BCUT2D eigenvalue weighted by Gasteiger charge is 2.22. The first kappa shape index (κ1) is 29.9. The first-order valence-corrected chi connectivity index (χ1v) is 13.2. The number of nitrogens with zero attached hydrogens (tertiary/aromatic N) is 1. The summed E-state index contributed by atoms with van der Waals surface area (Å²) in [6, 6.07) is 26.8. The van der Waals surface area contributed by atoms with E-state index in [0.29, 0.717) is 31.0 Å². The van der Waals surface area contributed by atoms with Gasteiger partial charge in [0.05, 0.1) is 7.11 Å². The van der Waals surface area contributed by atoms with Gasteiger partial charge in [0.2, 0.25) is 0 Å². The van der Waals surface area contributed by atoms with Gasteiger partial charge in [-0.3, -0.25) is 4.90 Å². The fourth-order valence-electron chi connectivity index (χ4n) is 4.19. The van der Waals surface area contributed by atoms with Crippen LogP contribution in [0.4, 0.5) is 0 Å². The van der Waals surface area contributed by atoms with Gasteiger partial charge in [0, 0.05) is 25.2 Å². The fourth-order valence-corrected chi connectivity index (χ4v) is 4.19. The first-order chi connectivity index (χ1) is 18.8. The predicted molar refractivity (Wildman–Crippen MR) is 153 cm³/mol. The molecule has 0 saturated carbocycles. The maximum absolute atomic E-state index is 11.6. The summed E-state index contributed by atoms with van der Waals surface area (Å²) in [5, 5.41) is 21.6. The van der Waals surface area contributed by atoms with Gasteiger partial charge in [0.1, 0.15) is 36.9 Å². The summed E-state index contributed by atoms with van der Waals surface area (Å²) in [7, 11) is 1.36. The lowest BCUT2D eigenvalue weighted by atomic mass is 10.0.